The maximum Gasteiger partial charge on any atom is 0.166 e. The maximum atomic E-state index is 6.26. The van der Waals surface area contributed by atoms with Crippen LogP contribution in [-0.4, -0.2) is 13.0 Å². The zero-order valence-electron chi connectivity index (χ0n) is 3.60. The summed E-state index contributed by atoms with van der Waals surface area (Å²) in [6, 6.07) is 0. The summed E-state index contributed by atoms with van der Waals surface area (Å²) in [6.45, 7) is 2.44. The minimum absolute atomic E-state index is 0. The van der Waals surface area contributed by atoms with E-state index in [0.29, 0.717) is 6.61 Å². The van der Waals surface area contributed by atoms with Gasteiger partial charge in [0.15, 0.2) is 6.40 Å². The fourth-order valence-corrected chi connectivity index (χ4v) is 0.0833. The van der Waals surface area contributed by atoms with E-state index in [2.05, 4.69) is 4.74 Å². The average molecular weight is 110 g/mol. The van der Waals surface area contributed by atoms with Crippen LogP contribution in [0.25, 0.3) is 0 Å². The summed E-state index contributed by atoms with van der Waals surface area (Å²) in [4.78, 5) is 0. The van der Waals surface area contributed by atoms with Crippen LogP contribution in [0.2, 0.25) is 0 Å². The minimum Gasteiger partial charge on any atom is -0.484 e. The number of rotatable bonds is 2. The van der Waals surface area contributed by atoms with Crippen molar-refractivity contribution in [3.8, 4) is 0 Å². The lowest BCUT2D eigenvalue weighted by Crippen LogP contribution is -1.80. The van der Waals surface area contributed by atoms with Gasteiger partial charge >= 0.3 is 0 Å². The van der Waals surface area contributed by atoms with E-state index in [4.69, 9.17) is 5.41 Å². The van der Waals surface area contributed by atoms with Gasteiger partial charge in [-0.2, -0.15) is 0 Å². The van der Waals surface area contributed by atoms with Crippen molar-refractivity contribution in [2.24, 2.45) is 0 Å². The van der Waals surface area contributed by atoms with Crippen molar-refractivity contribution in [3.63, 3.8) is 0 Å². The van der Waals surface area contributed by atoms with Crippen molar-refractivity contribution in [2.45, 2.75) is 6.92 Å². The van der Waals surface area contributed by atoms with Crippen LogP contribution in [0, 0.1) is 5.41 Å². The Morgan fingerprint density at radius 1 is 1.83 bits per heavy atom. The largest absolute Gasteiger partial charge is 0.484 e. The van der Waals surface area contributed by atoms with E-state index < -0.39 is 0 Å². The topological polar surface area (TPSA) is 33.1 Å². The molecule has 0 saturated carbocycles. The predicted octanol–water partition coefficient (Wildman–Crippen LogP) is 1.05. The molecule has 0 rings (SSSR count). The molecule has 6 heavy (non-hydrogen) atoms. The quantitative estimate of drug-likeness (QED) is 0.417. The summed E-state index contributed by atoms with van der Waals surface area (Å²) in [5.74, 6) is 0. The highest BCUT2D eigenvalue weighted by Crippen LogP contribution is 1.56. The summed E-state index contributed by atoms with van der Waals surface area (Å²) in [5.41, 5.74) is 0. The molecule has 0 aromatic rings. The summed E-state index contributed by atoms with van der Waals surface area (Å²) < 4.78 is 4.38. The Morgan fingerprint density at radius 2 is 2.33 bits per heavy atom. The second-order valence-corrected chi connectivity index (χ2v) is 0.573. The van der Waals surface area contributed by atoms with Crippen molar-refractivity contribution in [1.82, 2.24) is 0 Å². The molecule has 0 aliphatic heterocycles. The SMILES string of the molecule is CCOC=N.Cl. The summed E-state index contributed by atoms with van der Waals surface area (Å²) >= 11 is 0. The number of hydrogen-bond acceptors (Lipinski definition) is 2. The van der Waals surface area contributed by atoms with Gasteiger partial charge in [-0.25, -0.2) is 0 Å². The summed E-state index contributed by atoms with van der Waals surface area (Å²) in [5, 5.41) is 6.26. The number of halogens is 1. The first-order chi connectivity index (χ1) is 2.41. The smallest absolute Gasteiger partial charge is 0.166 e. The lowest BCUT2D eigenvalue weighted by Gasteiger charge is -1.82. The lowest BCUT2D eigenvalue weighted by molar-refractivity contribution is 0.341. The summed E-state index contributed by atoms with van der Waals surface area (Å²) in [7, 11) is 0. The van der Waals surface area contributed by atoms with Gasteiger partial charge in [-0.15, -0.1) is 12.4 Å². The molecule has 0 saturated heterocycles. The van der Waals surface area contributed by atoms with Crippen LogP contribution in [0.15, 0.2) is 0 Å². The first kappa shape index (κ1) is 9.23. The van der Waals surface area contributed by atoms with Gasteiger partial charge in [0.25, 0.3) is 0 Å². The van der Waals surface area contributed by atoms with Crippen molar-refractivity contribution in [3.05, 3.63) is 0 Å². The Morgan fingerprint density at radius 3 is 2.33 bits per heavy atom. The Bertz CT molecular complexity index is 32.0. The number of hydrogen-bond donors (Lipinski definition) is 1. The van der Waals surface area contributed by atoms with Crippen LogP contribution in [0.1, 0.15) is 6.92 Å². The van der Waals surface area contributed by atoms with E-state index in [1.807, 2.05) is 6.92 Å². The molecule has 0 bridgehead atoms. The molecule has 38 valence electrons. The molecular formula is C3H8ClNO. The molecule has 2 nitrogen and oxygen atoms in total. The highest BCUT2D eigenvalue weighted by atomic mass is 35.5. The molecule has 0 aliphatic rings. The molecule has 0 heterocycles. The average Bonchev–Trinajstić information content (AvgIpc) is 1.41. The summed E-state index contributed by atoms with van der Waals surface area (Å²) in [6.07, 6.45) is 0.931. The van der Waals surface area contributed by atoms with Gasteiger partial charge in [-0.1, -0.05) is 0 Å². The van der Waals surface area contributed by atoms with Crippen molar-refractivity contribution < 1.29 is 4.74 Å². The third-order valence-electron chi connectivity index (χ3n) is 0.250. The Hall–Kier alpha value is -0.240. The maximum absolute atomic E-state index is 6.26. The van der Waals surface area contributed by atoms with Crippen LogP contribution in [0.4, 0.5) is 0 Å². The van der Waals surface area contributed by atoms with Gasteiger partial charge in [0.1, 0.15) is 0 Å². The normalized spacial score (nSPS) is 5.50. The van der Waals surface area contributed by atoms with Crippen molar-refractivity contribution in [1.29, 1.82) is 5.41 Å². The second kappa shape index (κ2) is 8.83. The van der Waals surface area contributed by atoms with E-state index >= 15 is 0 Å². The van der Waals surface area contributed by atoms with Crippen LogP contribution in [0.3, 0.4) is 0 Å². The fraction of sp³-hybridized carbons (Fsp3) is 0.667. The third kappa shape index (κ3) is 9.25. The highest BCUT2D eigenvalue weighted by Gasteiger charge is 1.57. The van der Waals surface area contributed by atoms with E-state index in [9.17, 15) is 0 Å². The molecule has 0 radical (unpaired) electrons. The standard InChI is InChI=1S/C3H7NO.ClH/c1-2-5-3-4;/h3-4H,2H2,1H3;1H. The molecule has 0 aliphatic carbocycles. The molecule has 3 heteroatoms. The Kier molecular flexibility index (Phi) is 13.6. The minimum atomic E-state index is 0. The van der Waals surface area contributed by atoms with Crippen molar-refractivity contribution >= 4 is 18.8 Å². The van der Waals surface area contributed by atoms with Crippen LogP contribution in [-0.2, 0) is 4.74 Å². The van der Waals surface area contributed by atoms with Gasteiger partial charge in [0, 0.05) is 0 Å². The molecule has 1 N–H and O–H groups in total. The van der Waals surface area contributed by atoms with Gasteiger partial charge in [0.2, 0.25) is 0 Å². The third-order valence-corrected chi connectivity index (χ3v) is 0.250. The van der Waals surface area contributed by atoms with Gasteiger partial charge in [-0.3, -0.25) is 5.41 Å². The predicted molar refractivity (Wildman–Crippen MR) is 27.7 cm³/mol. The fourth-order valence-electron chi connectivity index (χ4n) is 0.0833. The van der Waals surface area contributed by atoms with E-state index in [1.54, 1.807) is 0 Å². The first-order valence-corrected chi connectivity index (χ1v) is 1.52. The van der Waals surface area contributed by atoms with Crippen LogP contribution in [0.5, 0.6) is 0 Å². The van der Waals surface area contributed by atoms with E-state index in [1.165, 1.54) is 0 Å². The first-order valence-electron chi connectivity index (χ1n) is 1.52. The second-order valence-electron chi connectivity index (χ2n) is 0.573. The zero-order valence-corrected chi connectivity index (χ0v) is 4.42. The zero-order chi connectivity index (χ0) is 4.12. The van der Waals surface area contributed by atoms with Gasteiger partial charge < -0.3 is 4.74 Å². The Balaban J connectivity index is 0. The molecule has 0 unspecified atom stereocenters. The van der Waals surface area contributed by atoms with Crippen LogP contribution < -0.4 is 0 Å². The Labute approximate surface area is 43.4 Å². The molecule has 0 spiro atoms. The monoisotopic (exact) mass is 109 g/mol. The molecule has 0 atom stereocenters. The highest BCUT2D eigenvalue weighted by molar-refractivity contribution is 5.85. The number of nitrogens with one attached hydrogen (secondary N) is 1. The van der Waals surface area contributed by atoms with Gasteiger partial charge in [-0.05, 0) is 6.92 Å². The number of ether oxygens (including phenoxy) is 1. The van der Waals surface area contributed by atoms with Crippen molar-refractivity contribution in [2.75, 3.05) is 6.61 Å². The van der Waals surface area contributed by atoms with E-state index in [-0.39, 0.29) is 12.4 Å². The molecule has 0 fully saturated rings. The van der Waals surface area contributed by atoms with E-state index in [0.717, 1.165) is 6.40 Å². The molecule has 0 aromatic heterocycles. The lowest BCUT2D eigenvalue weighted by atomic mass is 10.9. The van der Waals surface area contributed by atoms with Crippen LogP contribution >= 0.6 is 12.4 Å². The van der Waals surface area contributed by atoms with Gasteiger partial charge in [0.05, 0.1) is 6.61 Å². The molecular weight excluding hydrogens is 101 g/mol. The molecule has 0 amide bonds. The molecule has 0 aromatic carbocycles.